The van der Waals surface area contributed by atoms with Crippen molar-refractivity contribution in [2.75, 3.05) is 19.0 Å². The van der Waals surface area contributed by atoms with Crippen LogP contribution in [-0.2, 0) is 16.0 Å². The number of aliphatic hydroxyl groups is 3. The second kappa shape index (κ2) is 7.96. The number of carbonyl (C=O) groups is 3. The minimum atomic E-state index is -2.56. The molecule has 3 aliphatic carbocycles. The molecule has 0 heterocycles. The third-order valence-electron chi connectivity index (χ3n) is 7.64. The van der Waals surface area contributed by atoms with E-state index in [9.17, 15) is 34.8 Å². The minimum Gasteiger partial charge on any atom is -0.511 e. The fourth-order valence-corrected chi connectivity index (χ4v) is 5.83. The van der Waals surface area contributed by atoms with Gasteiger partial charge in [-0.1, -0.05) is 18.2 Å². The summed E-state index contributed by atoms with van der Waals surface area (Å²) in [5, 5.41) is 43.3. The molecule has 0 radical (unpaired) electrons. The van der Waals surface area contributed by atoms with E-state index in [1.165, 1.54) is 6.07 Å². The van der Waals surface area contributed by atoms with E-state index < -0.39 is 52.0 Å². The van der Waals surface area contributed by atoms with Crippen LogP contribution in [0.2, 0.25) is 0 Å². The van der Waals surface area contributed by atoms with E-state index in [-0.39, 0.29) is 36.1 Å². The summed E-state index contributed by atoms with van der Waals surface area (Å²) < 4.78 is 0. The van der Waals surface area contributed by atoms with Crippen LogP contribution < -0.4 is 10.6 Å². The van der Waals surface area contributed by atoms with Gasteiger partial charge < -0.3 is 31.1 Å². The molecule has 1 amide bonds. The highest BCUT2D eigenvalue weighted by molar-refractivity contribution is 6.24. The lowest BCUT2D eigenvalue weighted by molar-refractivity contribution is -0.144. The molecule has 3 aliphatic rings. The summed E-state index contributed by atoms with van der Waals surface area (Å²) >= 11 is 0. The summed E-state index contributed by atoms with van der Waals surface area (Å²) in [6, 6.07) is 10.9. The van der Waals surface area contributed by atoms with Gasteiger partial charge in [-0.3, -0.25) is 14.4 Å². The molecule has 36 heavy (non-hydrogen) atoms. The number of allylic oxidation sites excluding steroid dienone is 2. The van der Waals surface area contributed by atoms with E-state index in [0.29, 0.717) is 5.56 Å². The van der Waals surface area contributed by atoms with Gasteiger partial charge in [0, 0.05) is 37.7 Å². The van der Waals surface area contributed by atoms with Crippen LogP contribution >= 0.6 is 0 Å². The molecule has 0 spiro atoms. The topological polar surface area (TPSA) is 161 Å². The first-order valence-corrected chi connectivity index (χ1v) is 11.6. The average Bonchev–Trinajstić information content (AvgIpc) is 2.81. The number of benzene rings is 2. The zero-order valence-electron chi connectivity index (χ0n) is 19.8. The molecular weight excluding hydrogens is 464 g/mol. The van der Waals surface area contributed by atoms with E-state index >= 15 is 0 Å². The lowest BCUT2D eigenvalue weighted by Gasteiger charge is -2.45. The van der Waals surface area contributed by atoms with Gasteiger partial charge in [0.2, 0.25) is 5.78 Å². The first-order chi connectivity index (χ1) is 17.0. The number of primary amides is 1. The van der Waals surface area contributed by atoms with Crippen LogP contribution in [0, 0.1) is 11.8 Å². The zero-order valence-corrected chi connectivity index (χ0v) is 19.8. The quantitative estimate of drug-likeness (QED) is 0.410. The molecule has 0 fully saturated rings. The van der Waals surface area contributed by atoms with Gasteiger partial charge in [-0.05, 0) is 53.6 Å². The maximum atomic E-state index is 13.7. The smallest absolute Gasteiger partial charge is 0.255 e. The van der Waals surface area contributed by atoms with Crippen LogP contribution in [-0.4, -0.2) is 57.6 Å². The Labute approximate surface area is 206 Å². The van der Waals surface area contributed by atoms with Crippen LogP contribution in [0.5, 0.6) is 5.75 Å². The van der Waals surface area contributed by atoms with Crippen molar-refractivity contribution in [2.45, 2.75) is 24.9 Å². The second-order valence-electron chi connectivity index (χ2n) is 9.84. The summed E-state index contributed by atoms with van der Waals surface area (Å²) in [5.41, 5.74) is 4.89. The SMILES string of the molecule is CN(C)c1ccc(-c2ccc(O)c3c2C[C@H]2C[C@H]4CC(O)=C(C(N)=O)C(=O)[C@@]4(O)C(O)=C2C3=O)cc1. The van der Waals surface area contributed by atoms with Crippen molar-refractivity contribution in [3.05, 3.63) is 70.2 Å². The number of rotatable bonds is 3. The fourth-order valence-electron chi connectivity index (χ4n) is 5.83. The van der Waals surface area contributed by atoms with Crippen LogP contribution in [0.1, 0.15) is 28.8 Å². The Morgan fingerprint density at radius 3 is 2.31 bits per heavy atom. The molecular formula is C27H26N2O7. The minimum absolute atomic E-state index is 0.000749. The first-order valence-electron chi connectivity index (χ1n) is 11.6. The van der Waals surface area contributed by atoms with Gasteiger partial charge in [0.05, 0.1) is 5.56 Å². The number of nitrogens with zero attached hydrogens (tertiary/aromatic N) is 1. The number of anilines is 1. The van der Waals surface area contributed by atoms with Gasteiger partial charge in [-0.2, -0.15) is 0 Å². The van der Waals surface area contributed by atoms with Crippen molar-refractivity contribution in [3.63, 3.8) is 0 Å². The number of phenolic OH excluding ortho intramolecular Hbond substituents is 1. The van der Waals surface area contributed by atoms with Crippen molar-refractivity contribution in [1.82, 2.24) is 0 Å². The number of hydrogen-bond acceptors (Lipinski definition) is 8. The lowest BCUT2D eigenvalue weighted by Crippen LogP contribution is -2.57. The van der Waals surface area contributed by atoms with E-state index in [2.05, 4.69) is 0 Å². The third-order valence-corrected chi connectivity index (χ3v) is 7.64. The predicted octanol–water partition coefficient (Wildman–Crippen LogP) is 2.31. The van der Waals surface area contributed by atoms with Crippen LogP contribution in [0.4, 0.5) is 5.69 Å². The Balaban J connectivity index is 1.65. The van der Waals surface area contributed by atoms with Crippen molar-refractivity contribution >= 4 is 23.2 Å². The van der Waals surface area contributed by atoms with Gasteiger partial charge in [0.25, 0.3) is 5.91 Å². The molecule has 9 nitrogen and oxygen atoms in total. The third kappa shape index (κ3) is 3.16. The largest absolute Gasteiger partial charge is 0.511 e. The van der Waals surface area contributed by atoms with E-state index in [1.807, 2.05) is 43.3 Å². The molecule has 0 aromatic heterocycles. The Morgan fingerprint density at radius 2 is 1.69 bits per heavy atom. The molecule has 186 valence electrons. The number of phenols is 1. The highest BCUT2D eigenvalue weighted by Gasteiger charge is 2.59. The summed E-state index contributed by atoms with van der Waals surface area (Å²) in [6.45, 7) is 0. The number of nitrogens with two attached hydrogens (primary N) is 1. The molecule has 2 aromatic carbocycles. The number of aliphatic hydroxyl groups excluding tert-OH is 2. The Hall–Kier alpha value is -4.11. The summed E-state index contributed by atoms with van der Waals surface area (Å²) in [7, 11) is 3.85. The van der Waals surface area contributed by atoms with Crippen LogP contribution in [0.15, 0.2) is 59.1 Å². The fraction of sp³-hybridized carbons (Fsp3) is 0.296. The summed E-state index contributed by atoms with van der Waals surface area (Å²) in [5.74, 6) is -6.36. The molecule has 0 saturated carbocycles. The monoisotopic (exact) mass is 490 g/mol. The Morgan fingerprint density at radius 1 is 1.03 bits per heavy atom. The van der Waals surface area contributed by atoms with E-state index in [4.69, 9.17) is 5.73 Å². The number of ketones is 2. The van der Waals surface area contributed by atoms with Gasteiger partial charge in [-0.25, -0.2) is 0 Å². The van der Waals surface area contributed by atoms with Crippen LogP contribution in [0.25, 0.3) is 11.1 Å². The normalized spacial score (nSPS) is 25.3. The van der Waals surface area contributed by atoms with Gasteiger partial charge in [-0.15, -0.1) is 0 Å². The number of carbonyl (C=O) groups excluding carboxylic acids is 3. The second-order valence-corrected chi connectivity index (χ2v) is 9.84. The predicted molar refractivity (Wildman–Crippen MR) is 131 cm³/mol. The molecule has 3 atom stereocenters. The lowest BCUT2D eigenvalue weighted by atomic mass is 9.60. The van der Waals surface area contributed by atoms with Gasteiger partial charge >= 0.3 is 0 Å². The van der Waals surface area contributed by atoms with E-state index in [0.717, 1.165) is 16.8 Å². The van der Waals surface area contributed by atoms with Gasteiger partial charge in [0.15, 0.2) is 11.4 Å². The molecule has 0 aliphatic heterocycles. The molecule has 2 aromatic rings. The number of aromatic hydroxyl groups is 1. The number of hydrogen-bond donors (Lipinski definition) is 5. The highest BCUT2D eigenvalue weighted by atomic mass is 16.3. The Kier molecular flexibility index (Phi) is 5.22. The molecule has 9 heteroatoms. The number of amides is 1. The van der Waals surface area contributed by atoms with Crippen LogP contribution in [0.3, 0.4) is 0 Å². The molecule has 0 bridgehead atoms. The number of fused-ring (bicyclic) bond motifs is 3. The number of Topliss-reactive ketones (excluding diaryl/α,β-unsaturated/α-hetero) is 2. The zero-order chi connectivity index (χ0) is 26.1. The van der Waals surface area contributed by atoms with Crippen molar-refractivity contribution in [3.8, 4) is 16.9 Å². The molecule has 0 saturated heterocycles. The average molecular weight is 491 g/mol. The summed E-state index contributed by atoms with van der Waals surface area (Å²) in [6.07, 6.45) is 0.0967. The van der Waals surface area contributed by atoms with E-state index in [1.54, 1.807) is 6.07 Å². The summed E-state index contributed by atoms with van der Waals surface area (Å²) in [4.78, 5) is 40.4. The van der Waals surface area contributed by atoms with Crippen molar-refractivity contribution in [1.29, 1.82) is 0 Å². The first kappa shape index (κ1) is 23.6. The maximum absolute atomic E-state index is 13.7. The standard InChI is InChI=1S/C27H26N2O7/c1-29(2)15-5-3-12(4-6-15)16-7-8-18(30)21-17(16)10-13-9-14-11-19(31)22(26(28)35)25(34)27(14,36)24(33)20(13)23(21)32/h3-8,13-14,30-31,33,36H,9-11H2,1-2H3,(H2,28,35)/t13-,14+,27+/m1/s1. The highest BCUT2D eigenvalue weighted by Crippen LogP contribution is 2.52. The van der Waals surface area contributed by atoms with Gasteiger partial charge in [0.1, 0.15) is 22.8 Å². The van der Waals surface area contributed by atoms with Crippen molar-refractivity contribution in [2.24, 2.45) is 17.6 Å². The maximum Gasteiger partial charge on any atom is 0.255 e. The molecule has 5 rings (SSSR count). The Bertz CT molecular complexity index is 1400. The molecule has 0 unspecified atom stereocenters. The molecule has 6 N–H and O–H groups in total. The van der Waals surface area contributed by atoms with Crippen molar-refractivity contribution < 1.29 is 34.8 Å².